The molecule has 0 unspecified atom stereocenters. The van der Waals surface area contributed by atoms with Gasteiger partial charge in [-0.05, 0) is 42.2 Å². The van der Waals surface area contributed by atoms with Crippen molar-refractivity contribution in [1.29, 1.82) is 0 Å². The molecular weight excluding hydrogens is 366 g/mol. The number of amides is 1. The van der Waals surface area contributed by atoms with E-state index in [4.69, 9.17) is 0 Å². The van der Waals surface area contributed by atoms with E-state index in [0.29, 0.717) is 5.82 Å². The molecule has 8 nitrogen and oxygen atoms in total. The van der Waals surface area contributed by atoms with Crippen molar-refractivity contribution < 1.29 is 4.79 Å². The van der Waals surface area contributed by atoms with Crippen molar-refractivity contribution in [2.45, 2.75) is 25.8 Å². The Bertz CT molecular complexity index is 960. The fraction of sp³-hybridized carbons (Fsp3) is 0.286. The summed E-state index contributed by atoms with van der Waals surface area (Å²) in [6, 6.07) is 17.7. The molecule has 0 spiro atoms. The summed E-state index contributed by atoms with van der Waals surface area (Å²) in [4.78, 5) is 15.7. The Kier molecular flexibility index (Phi) is 5.89. The quantitative estimate of drug-likeness (QED) is 0.517. The van der Waals surface area contributed by atoms with Gasteiger partial charge in [-0.2, -0.15) is 9.90 Å². The number of nitrogens with zero attached hydrogens (tertiary/aromatic N) is 6. The second-order valence-electron chi connectivity index (χ2n) is 6.94. The van der Waals surface area contributed by atoms with Crippen molar-refractivity contribution in [3.63, 3.8) is 0 Å². The smallest absolute Gasteiger partial charge is 0.263 e. The number of nitrogens with one attached hydrogen (secondary N) is 1. The molecule has 0 aliphatic carbocycles. The molecule has 1 aliphatic heterocycles. The van der Waals surface area contributed by atoms with Crippen LogP contribution in [0.3, 0.4) is 0 Å². The van der Waals surface area contributed by atoms with Crippen LogP contribution in [0.5, 0.6) is 0 Å². The molecule has 1 aromatic heterocycles. The van der Waals surface area contributed by atoms with Crippen molar-refractivity contribution >= 4 is 17.8 Å². The van der Waals surface area contributed by atoms with Crippen LogP contribution >= 0.6 is 0 Å². The first-order chi connectivity index (χ1) is 14.3. The molecule has 1 aliphatic rings. The highest BCUT2D eigenvalue weighted by molar-refractivity contribution is 5.82. The minimum absolute atomic E-state index is 0.0505. The molecule has 3 aromatic rings. The molecular formula is C21H23N7O. The number of piperidine rings is 1. The number of hydrazone groups is 1. The van der Waals surface area contributed by atoms with Gasteiger partial charge in [-0.25, -0.2) is 5.43 Å². The fourth-order valence-corrected chi connectivity index (χ4v) is 3.28. The van der Waals surface area contributed by atoms with Crippen LogP contribution in [-0.4, -0.2) is 45.4 Å². The van der Waals surface area contributed by atoms with Crippen LogP contribution in [0.2, 0.25) is 0 Å². The molecule has 1 saturated heterocycles. The number of carbonyl (C=O) groups excluding carboxylic acids is 1. The molecule has 4 rings (SSSR count). The topological polar surface area (TPSA) is 88.3 Å². The zero-order chi connectivity index (χ0) is 19.9. The van der Waals surface area contributed by atoms with E-state index in [2.05, 4.69) is 43.0 Å². The summed E-state index contributed by atoms with van der Waals surface area (Å²) >= 11 is 0. The lowest BCUT2D eigenvalue weighted by Crippen LogP contribution is -2.29. The molecule has 2 heterocycles. The lowest BCUT2D eigenvalue weighted by atomic mass is 10.1. The zero-order valence-electron chi connectivity index (χ0n) is 16.1. The van der Waals surface area contributed by atoms with Crippen LogP contribution in [0.15, 0.2) is 59.7 Å². The first-order valence-corrected chi connectivity index (χ1v) is 9.78. The Morgan fingerprint density at radius 3 is 2.55 bits per heavy atom. The van der Waals surface area contributed by atoms with Crippen molar-refractivity contribution in [1.82, 2.24) is 25.6 Å². The maximum absolute atomic E-state index is 12.0. The molecule has 8 heteroatoms. The van der Waals surface area contributed by atoms with Crippen molar-refractivity contribution in [2.75, 3.05) is 18.0 Å². The molecule has 1 amide bonds. The standard InChI is InChI=1S/C21H23N7O/c29-20(16-28-25-21(24-26-28)18-7-3-1-4-8-18)23-22-15-17-9-11-19(12-10-17)27-13-5-2-6-14-27/h1,3-4,7-12,15H,2,5-6,13-14,16H2,(H,23,29)/b22-15+. The molecule has 29 heavy (non-hydrogen) atoms. The van der Waals surface area contributed by atoms with Gasteiger partial charge in [-0.1, -0.05) is 42.5 Å². The van der Waals surface area contributed by atoms with E-state index in [1.807, 2.05) is 42.5 Å². The number of benzene rings is 2. The third-order valence-corrected chi connectivity index (χ3v) is 4.79. The third-order valence-electron chi connectivity index (χ3n) is 4.79. The van der Waals surface area contributed by atoms with Crippen LogP contribution in [0, 0.1) is 0 Å². The number of aromatic nitrogens is 4. The number of rotatable bonds is 6. The second kappa shape index (κ2) is 9.09. The van der Waals surface area contributed by atoms with Crippen LogP contribution in [0.4, 0.5) is 5.69 Å². The van der Waals surface area contributed by atoms with Crippen molar-refractivity contribution in [3.8, 4) is 11.4 Å². The minimum atomic E-state index is -0.316. The van der Waals surface area contributed by atoms with E-state index >= 15 is 0 Å². The maximum Gasteiger partial charge on any atom is 0.263 e. The van der Waals surface area contributed by atoms with Gasteiger partial charge in [0.25, 0.3) is 5.91 Å². The lowest BCUT2D eigenvalue weighted by molar-refractivity contribution is -0.122. The number of carbonyl (C=O) groups is 1. The van der Waals surface area contributed by atoms with Gasteiger partial charge in [0.1, 0.15) is 6.54 Å². The SMILES string of the molecule is O=C(Cn1nnc(-c2ccccc2)n1)N/N=C/c1ccc(N2CCCCC2)cc1. The molecule has 0 bridgehead atoms. The second-order valence-corrected chi connectivity index (χ2v) is 6.94. The van der Waals surface area contributed by atoms with E-state index < -0.39 is 0 Å². The maximum atomic E-state index is 12.0. The summed E-state index contributed by atoms with van der Waals surface area (Å²) in [5.74, 6) is 0.166. The lowest BCUT2D eigenvalue weighted by Gasteiger charge is -2.28. The van der Waals surface area contributed by atoms with E-state index in [-0.39, 0.29) is 12.5 Å². The average molecular weight is 389 g/mol. The highest BCUT2D eigenvalue weighted by atomic mass is 16.2. The van der Waals surface area contributed by atoms with Crippen LogP contribution in [0.1, 0.15) is 24.8 Å². The van der Waals surface area contributed by atoms with Gasteiger partial charge >= 0.3 is 0 Å². The Morgan fingerprint density at radius 1 is 1.03 bits per heavy atom. The van der Waals surface area contributed by atoms with Crippen LogP contribution in [0.25, 0.3) is 11.4 Å². The summed E-state index contributed by atoms with van der Waals surface area (Å²) in [6.45, 7) is 2.18. The van der Waals surface area contributed by atoms with Gasteiger partial charge in [0.15, 0.2) is 0 Å². The predicted molar refractivity (Wildman–Crippen MR) is 111 cm³/mol. The monoisotopic (exact) mass is 389 g/mol. The molecule has 0 saturated carbocycles. The van der Waals surface area contributed by atoms with Gasteiger partial charge in [-0.15, -0.1) is 10.2 Å². The minimum Gasteiger partial charge on any atom is -0.372 e. The molecule has 2 aromatic carbocycles. The number of anilines is 1. The average Bonchev–Trinajstić information content (AvgIpc) is 3.24. The first kappa shape index (κ1) is 18.8. The highest BCUT2D eigenvalue weighted by Crippen LogP contribution is 2.19. The molecule has 1 fully saturated rings. The van der Waals surface area contributed by atoms with Crippen LogP contribution < -0.4 is 10.3 Å². The van der Waals surface area contributed by atoms with E-state index in [0.717, 1.165) is 24.2 Å². The van der Waals surface area contributed by atoms with Crippen molar-refractivity contribution in [3.05, 3.63) is 60.2 Å². The van der Waals surface area contributed by atoms with Crippen LogP contribution in [-0.2, 0) is 11.3 Å². The van der Waals surface area contributed by atoms with Crippen molar-refractivity contribution in [2.24, 2.45) is 5.10 Å². The zero-order valence-corrected chi connectivity index (χ0v) is 16.1. The first-order valence-electron chi connectivity index (χ1n) is 9.78. The van der Waals surface area contributed by atoms with Gasteiger partial charge in [0, 0.05) is 24.3 Å². The molecule has 0 radical (unpaired) electrons. The highest BCUT2D eigenvalue weighted by Gasteiger charge is 2.10. The summed E-state index contributed by atoms with van der Waals surface area (Å²) in [6.07, 6.45) is 5.45. The summed E-state index contributed by atoms with van der Waals surface area (Å²) in [5.41, 5.74) is 5.51. The fourth-order valence-electron chi connectivity index (χ4n) is 3.28. The largest absolute Gasteiger partial charge is 0.372 e. The van der Waals surface area contributed by atoms with E-state index in [9.17, 15) is 4.79 Å². The number of tetrazole rings is 1. The summed E-state index contributed by atoms with van der Waals surface area (Å²) in [7, 11) is 0. The Balaban J connectivity index is 1.28. The van der Waals surface area contributed by atoms with E-state index in [1.165, 1.54) is 29.7 Å². The molecule has 0 atom stereocenters. The van der Waals surface area contributed by atoms with Gasteiger partial charge in [-0.3, -0.25) is 4.79 Å². The van der Waals surface area contributed by atoms with Gasteiger partial charge < -0.3 is 4.90 Å². The van der Waals surface area contributed by atoms with E-state index in [1.54, 1.807) is 6.21 Å². The Morgan fingerprint density at radius 2 is 1.79 bits per heavy atom. The normalized spacial score (nSPS) is 14.3. The Labute approximate surface area is 169 Å². The number of hydrogen-bond acceptors (Lipinski definition) is 6. The predicted octanol–water partition coefficient (Wildman–Crippen LogP) is 2.48. The number of hydrogen-bond donors (Lipinski definition) is 1. The molecule has 1 N–H and O–H groups in total. The van der Waals surface area contributed by atoms with Gasteiger partial charge in [0.05, 0.1) is 6.21 Å². The third kappa shape index (κ3) is 5.04. The summed E-state index contributed by atoms with van der Waals surface area (Å²) in [5, 5.41) is 16.1. The Hall–Kier alpha value is -3.55. The summed E-state index contributed by atoms with van der Waals surface area (Å²) < 4.78 is 0. The molecule has 148 valence electrons. The van der Waals surface area contributed by atoms with Gasteiger partial charge in [0.2, 0.25) is 5.82 Å².